The highest BCUT2D eigenvalue weighted by Crippen LogP contribution is 2.19. The van der Waals surface area contributed by atoms with Crippen molar-refractivity contribution in [3.63, 3.8) is 0 Å². The summed E-state index contributed by atoms with van der Waals surface area (Å²) in [6.07, 6.45) is 0. The molecule has 2 atom stereocenters. The molecule has 22 heavy (non-hydrogen) atoms. The Kier molecular flexibility index (Phi) is 5.28. The topological polar surface area (TPSA) is 55.1 Å². The van der Waals surface area contributed by atoms with Crippen LogP contribution >= 0.6 is 0 Å². The average Bonchev–Trinajstić information content (AvgIpc) is 2.51. The van der Waals surface area contributed by atoms with Crippen LogP contribution in [-0.2, 0) is 4.79 Å². The number of aryl methyl sites for hydroxylation is 1. The molecule has 2 aromatic rings. The summed E-state index contributed by atoms with van der Waals surface area (Å²) < 4.78 is 13.6. The Morgan fingerprint density at radius 3 is 2.45 bits per heavy atom. The first kappa shape index (κ1) is 16.2. The second-order valence-corrected chi connectivity index (χ2v) is 5.44. The van der Waals surface area contributed by atoms with Crippen LogP contribution in [0.15, 0.2) is 48.5 Å². The zero-order chi connectivity index (χ0) is 16.1. The van der Waals surface area contributed by atoms with Crippen LogP contribution in [0.25, 0.3) is 0 Å². The van der Waals surface area contributed by atoms with Gasteiger partial charge in [-0.3, -0.25) is 4.79 Å². The molecule has 2 rings (SSSR count). The summed E-state index contributed by atoms with van der Waals surface area (Å²) in [5.41, 5.74) is 7.95. The zero-order valence-electron chi connectivity index (χ0n) is 12.8. The van der Waals surface area contributed by atoms with E-state index in [0.29, 0.717) is 5.56 Å². The second-order valence-electron chi connectivity index (χ2n) is 5.44. The van der Waals surface area contributed by atoms with Gasteiger partial charge in [-0.1, -0.05) is 42.5 Å². The van der Waals surface area contributed by atoms with Gasteiger partial charge in [0.15, 0.2) is 0 Å². The van der Waals surface area contributed by atoms with Crippen LogP contribution in [0.1, 0.15) is 35.6 Å². The number of benzene rings is 2. The highest BCUT2D eigenvalue weighted by molar-refractivity contribution is 5.84. The summed E-state index contributed by atoms with van der Waals surface area (Å²) in [6, 6.07) is 14.1. The number of rotatable bonds is 5. The summed E-state index contributed by atoms with van der Waals surface area (Å²) >= 11 is 0. The molecule has 2 unspecified atom stereocenters. The van der Waals surface area contributed by atoms with E-state index in [1.54, 1.807) is 13.0 Å². The van der Waals surface area contributed by atoms with Crippen molar-refractivity contribution in [2.75, 3.05) is 6.54 Å². The maximum Gasteiger partial charge on any atom is 0.229 e. The molecule has 0 spiro atoms. The smallest absolute Gasteiger partial charge is 0.229 e. The zero-order valence-corrected chi connectivity index (χ0v) is 12.8. The van der Waals surface area contributed by atoms with E-state index in [-0.39, 0.29) is 24.3 Å². The van der Waals surface area contributed by atoms with Crippen LogP contribution in [0.5, 0.6) is 0 Å². The minimum atomic E-state index is -0.404. The Hall–Kier alpha value is -2.20. The molecule has 116 valence electrons. The maximum atomic E-state index is 13.6. The lowest BCUT2D eigenvalue weighted by Gasteiger charge is -2.20. The lowest BCUT2D eigenvalue weighted by atomic mass is 9.97. The van der Waals surface area contributed by atoms with Crippen LogP contribution in [0.2, 0.25) is 0 Å². The molecule has 2 aromatic carbocycles. The molecular formula is C18H21FN2O. The van der Waals surface area contributed by atoms with E-state index in [9.17, 15) is 9.18 Å². The normalized spacial score (nSPS) is 13.5. The fourth-order valence-corrected chi connectivity index (χ4v) is 2.36. The minimum absolute atomic E-state index is 0.151. The molecule has 0 saturated carbocycles. The molecule has 1 amide bonds. The molecule has 0 fully saturated rings. The first-order valence-electron chi connectivity index (χ1n) is 7.34. The lowest BCUT2D eigenvalue weighted by Crippen LogP contribution is -2.35. The first-order chi connectivity index (χ1) is 10.5. The molecule has 3 nitrogen and oxygen atoms in total. The predicted octanol–water partition coefficient (Wildman–Crippen LogP) is 3.05. The van der Waals surface area contributed by atoms with Crippen molar-refractivity contribution >= 4 is 5.91 Å². The third kappa shape index (κ3) is 3.71. The Labute approximate surface area is 130 Å². The second kappa shape index (κ2) is 7.18. The fraction of sp³-hybridized carbons (Fsp3) is 0.278. The van der Waals surface area contributed by atoms with E-state index in [0.717, 1.165) is 11.1 Å². The standard InChI is InChI=1S/C18H21FN2O/c1-12-8-9-15(10-17(12)19)13(2)21-18(22)16(11-20)14-6-4-3-5-7-14/h3-10,13,16H,11,20H2,1-2H3,(H,21,22). The quantitative estimate of drug-likeness (QED) is 0.891. The largest absolute Gasteiger partial charge is 0.349 e. The molecular weight excluding hydrogens is 279 g/mol. The number of nitrogens with one attached hydrogen (secondary N) is 1. The SMILES string of the molecule is Cc1ccc(C(C)NC(=O)C(CN)c2ccccc2)cc1F. The van der Waals surface area contributed by atoms with Crippen molar-refractivity contribution in [3.8, 4) is 0 Å². The van der Waals surface area contributed by atoms with Gasteiger partial charge in [0.2, 0.25) is 5.91 Å². The van der Waals surface area contributed by atoms with Gasteiger partial charge in [-0.2, -0.15) is 0 Å². The summed E-state index contributed by atoms with van der Waals surface area (Å²) in [5, 5.41) is 2.91. The lowest BCUT2D eigenvalue weighted by molar-refractivity contribution is -0.123. The van der Waals surface area contributed by atoms with Gasteiger partial charge < -0.3 is 11.1 Å². The van der Waals surface area contributed by atoms with Crippen molar-refractivity contribution in [3.05, 3.63) is 71.0 Å². The van der Waals surface area contributed by atoms with Gasteiger partial charge in [0.1, 0.15) is 5.82 Å². The summed E-state index contributed by atoms with van der Waals surface area (Å²) in [6.45, 7) is 3.77. The van der Waals surface area contributed by atoms with E-state index >= 15 is 0 Å². The van der Waals surface area contributed by atoms with Gasteiger partial charge in [-0.25, -0.2) is 4.39 Å². The Morgan fingerprint density at radius 2 is 1.86 bits per heavy atom. The van der Waals surface area contributed by atoms with E-state index in [1.165, 1.54) is 6.07 Å². The van der Waals surface area contributed by atoms with Crippen LogP contribution in [0.3, 0.4) is 0 Å². The van der Waals surface area contributed by atoms with Crippen molar-refractivity contribution in [1.82, 2.24) is 5.32 Å². The molecule has 0 aliphatic carbocycles. The molecule has 3 N–H and O–H groups in total. The number of nitrogens with two attached hydrogens (primary N) is 1. The number of halogens is 1. The van der Waals surface area contributed by atoms with E-state index in [4.69, 9.17) is 5.73 Å². The molecule has 0 radical (unpaired) electrons. The number of amides is 1. The monoisotopic (exact) mass is 300 g/mol. The highest BCUT2D eigenvalue weighted by Gasteiger charge is 2.21. The molecule has 0 saturated heterocycles. The Morgan fingerprint density at radius 1 is 1.18 bits per heavy atom. The van der Waals surface area contributed by atoms with Crippen LogP contribution < -0.4 is 11.1 Å². The summed E-state index contributed by atoms with van der Waals surface area (Å²) in [7, 11) is 0. The molecule has 0 aliphatic rings. The fourth-order valence-electron chi connectivity index (χ4n) is 2.36. The van der Waals surface area contributed by atoms with Gasteiger partial charge in [0, 0.05) is 6.54 Å². The number of hydrogen-bond acceptors (Lipinski definition) is 2. The van der Waals surface area contributed by atoms with Crippen molar-refractivity contribution in [2.24, 2.45) is 5.73 Å². The van der Waals surface area contributed by atoms with Crippen molar-refractivity contribution < 1.29 is 9.18 Å². The van der Waals surface area contributed by atoms with Crippen molar-refractivity contribution in [2.45, 2.75) is 25.8 Å². The predicted molar refractivity (Wildman–Crippen MR) is 85.9 cm³/mol. The highest BCUT2D eigenvalue weighted by atomic mass is 19.1. The molecule has 0 aliphatic heterocycles. The number of carbonyl (C=O) groups excluding carboxylic acids is 1. The summed E-state index contributed by atoms with van der Waals surface area (Å²) in [4.78, 5) is 12.4. The third-order valence-corrected chi connectivity index (χ3v) is 3.81. The van der Waals surface area contributed by atoms with Crippen LogP contribution in [0.4, 0.5) is 4.39 Å². The van der Waals surface area contributed by atoms with Gasteiger partial charge in [0.05, 0.1) is 12.0 Å². The first-order valence-corrected chi connectivity index (χ1v) is 7.34. The third-order valence-electron chi connectivity index (χ3n) is 3.81. The van der Waals surface area contributed by atoms with E-state index in [1.807, 2.05) is 43.3 Å². The molecule has 0 bridgehead atoms. The number of carbonyl (C=O) groups is 1. The van der Waals surface area contributed by atoms with Crippen molar-refractivity contribution in [1.29, 1.82) is 0 Å². The van der Waals surface area contributed by atoms with Crippen LogP contribution in [0, 0.1) is 12.7 Å². The summed E-state index contributed by atoms with van der Waals surface area (Å²) in [5.74, 6) is -0.821. The average molecular weight is 300 g/mol. The Balaban J connectivity index is 2.11. The van der Waals surface area contributed by atoms with E-state index in [2.05, 4.69) is 5.32 Å². The molecule has 0 aromatic heterocycles. The van der Waals surface area contributed by atoms with Gasteiger partial charge in [-0.05, 0) is 36.6 Å². The minimum Gasteiger partial charge on any atom is -0.349 e. The molecule has 4 heteroatoms. The van der Waals surface area contributed by atoms with Crippen LogP contribution in [-0.4, -0.2) is 12.5 Å². The van der Waals surface area contributed by atoms with Gasteiger partial charge >= 0.3 is 0 Å². The number of hydrogen-bond donors (Lipinski definition) is 2. The molecule has 0 heterocycles. The maximum absolute atomic E-state index is 13.6. The van der Waals surface area contributed by atoms with E-state index < -0.39 is 5.92 Å². The van der Waals surface area contributed by atoms with Gasteiger partial charge in [-0.15, -0.1) is 0 Å². The Bertz CT molecular complexity index is 643. The van der Waals surface area contributed by atoms with Gasteiger partial charge in [0.25, 0.3) is 0 Å².